The monoisotopic (exact) mass is 1870 g/mol. The molecule has 0 bridgehead atoms. The Kier molecular flexibility index (Phi) is 22.2. The second-order valence-corrected chi connectivity index (χ2v) is 35.2. The predicted octanol–water partition coefficient (Wildman–Crippen LogP) is 28.4. The molecule has 25 aromatic rings. The molecular formula is C126H74N20. The standard InChI is InChI=1S/C126H74N20/c127-75-78-44-48-81(49-45-78)94-56-62-100(110(73-94)145-106-64-58-96(121-134-112(84-27-9-1-10-28-84)130-113(135-121)85-29-11-2-12-30-85)69-102(106)103-70-97(59-65-107(103)145)122-136-114(86-31-13-3-14-32-86)131-115(137-122)87-33-15-4-16-34-87)125-142-120(92-54-52-83(53-55-92)93-43-25-26-80(68-93)77-129)143-126(144-125)101-63-57-95(82-50-46-79(76-128)47-51-82)74-111(101)146-108-66-60-98(123-138-116(88-35-17-5-18-36-88)132-117(139-123)89-37-19-6-20-38-89)71-104(108)105-72-99(61-67-109(105)146)124-140-118(90-39-21-7-22-40-90)133-119(141-124)91-41-23-8-24-42-91/h1-74H. The van der Waals surface area contributed by atoms with Crippen LogP contribution >= 0.6 is 0 Å². The van der Waals surface area contributed by atoms with Gasteiger partial charge in [-0.25, -0.2) is 74.8 Å². The van der Waals surface area contributed by atoms with Crippen molar-refractivity contribution in [3.63, 3.8) is 0 Å². The maximum absolute atomic E-state index is 10.3. The lowest BCUT2D eigenvalue weighted by Crippen LogP contribution is -2.06. The normalized spacial score (nSPS) is 11.3. The molecule has 25 rings (SSSR count). The summed E-state index contributed by atoms with van der Waals surface area (Å²) in [5, 5.41) is 34.2. The van der Waals surface area contributed by atoms with Crippen molar-refractivity contribution >= 4 is 43.6 Å². The van der Waals surface area contributed by atoms with Crippen molar-refractivity contribution in [2.24, 2.45) is 0 Å². The fraction of sp³-hybridized carbons (Fsp3) is 0. The molecule has 0 atom stereocenters. The number of hydrogen-bond donors (Lipinski definition) is 0. The first kappa shape index (κ1) is 86.6. The molecule has 0 fully saturated rings. The molecular weight excluding hydrogens is 1790 g/mol. The third kappa shape index (κ3) is 16.7. The fourth-order valence-electron chi connectivity index (χ4n) is 18.8. The van der Waals surface area contributed by atoms with Crippen LogP contribution in [0.5, 0.6) is 0 Å². The van der Waals surface area contributed by atoms with Gasteiger partial charge in [-0.1, -0.05) is 315 Å². The highest BCUT2D eigenvalue weighted by Gasteiger charge is 2.29. The Morgan fingerprint density at radius 1 is 0.137 bits per heavy atom. The van der Waals surface area contributed by atoms with Gasteiger partial charge in [-0.2, -0.15) is 15.8 Å². The summed E-state index contributed by atoms with van der Waals surface area (Å²) in [7, 11) is 0. The van der Waals surface area contributed by atoms with Crippen LogP contribution in [0.15, 0.2) is 449 Å². The predicted molar refractivity (Wildman–Crippen MR) is 574 cm³/mol. The van der Waals surface area contributed by atoms with Crippen LogP contribution in [0, 0.1) is 34.0 Å². The van der Waals surface area contributed by atoms with Crippen LogP contribution in [-0.2, 0) is 0 Å². The van der Waals surface area contributed by atoms with Crippen molar-refractivity contribution in [3.8, 4) is 234 Å². The van der Waals surface area contributed by atoms with Crippen molar-refractivity contribution in [1.82, 2.24) is 83.9 Å². The molecule has 0 saturated heterocycles. The first-order valence-corrected chi connectivity index (χ1v) is 47.5. The van der Waals surface area contributed by atoms with Gasteiger partial charge in [0.2, 0.25) is 0 Å². The van der Waals surface area contributed by atoms with E-state index in [-0.39, 0.29) is 0 Å². The smallest absolute Gasteiger partial charge is 0.166 e. The topological polar surface area (TPSA) is 275 Å². The van der Waals surface area contributed by atoms with Gasteiger partial charge in [-0.05, 0) is 167 Å². The van der Waals surface area contributed by atoms with E-state index >= 15 is 0 Å². The Morgan fingerprint density at radius 3 is 0.568 bits per heavy atom. The van der Waals surface area contributed by atoms with Gasteiger partial charge in [0.15, 0.2) is 87.4 Å². The van der Waals surface area contributed by atoms with E-state index in [4.69, 9.17) is 74.8 Å². The van der Waals surface area contributed by atoms with Gasteiger partial charge in [-0.15, -0.1) is 0 Å². The van der Waals surface area contributed by atoms with Crippen molar-refractivity contribution in [2.45, 2.75) is 0 Å². The van der Waals surface area contributed by atoms with Gasteiger partial charge in [0.1, 0.15) is 0 Å². The van der Waals surface area contributed by atoms with Crippen molar-refractivity contribution in [2.75, 3.05) is 0 Å². The Hall–Kier alpha value is -20.9. The zero-order valence-corrected chi connectivity index (χ0v) is 77.7. The largest absolute Gasteiger partial charge is 0.308 e. The molecule has 7 heterocycles. The van der Waals surface area contributed by atoms with Crippen molar-refractivity contribution < 1.29 is 0 Å². The van der Waals surface area contributed by atoms with Gasteiger partial charge >= 0.3 is 0 Å². The average Bonchev–Trinajstić information content (AvgIpc) is 1.57. The van der Waals surface area contributed by atoms with Gasteiger partial charge in [0, 0.05) is 105 Å². The van der Waals surface area contributed by atoms with Gasteiger partial charge in [0.25, 0.3) is 0 Å². The van der Waals surface area contributed by atoms with E-state index in [2.05, 4.69) is 137 Å². The third-order valence-corrected chi connectivity index (χ3v) is 26.1. The molecule has 7 aromatic heterocycles. The van der Waals surface area contributed by atoms with E-state index in [1.54, 1.807) is 6.07 Å². The first-order chi connectivity index (χ1) is 72.1. The van der Waals surface area contributed by atoms with E-state index in [0.29, 0.717) is 132 Å². The number of hydrogen-bond acceptors (Lipinski definition) is 18. The summed E-state index contributed by atoms with van der Waals surface area (Å²) in [6.45, 7) is 0. The Bertz CT molecular complexity index is 8440. The Labute approximate surface area is 837 Å². The second kappa shape index (κ2) is 37.4. The summed E-state index contributed by atoms with van der Waals surface area (Å²) in [6, 6.07) is 156. The van der Waals surface area contributed by atoms with E-state index in [1.807, 2.05) is 334 Å². The first-order valence-electron chi connectivity index (χ1n) is 47.5. The van der Waals surface area contributed by atoms with Gasteiger partial charge in [0.05, 0.1) is 68.3 Å². The minimum atomic E-state index is 0.308. The van der Waals surface area contributed by atoms with Gasteiger partial charge in [-0.3, -0.25) is 0 Å². The maximum Gasteiger partial charge on any atom is 0.166 e. The number of aromatic nitrogens is 17. The molecule has 0 saturated carbocycles. The molecule has 146 heavy (non-hydrogen) atoms. The van der Waals surface area contributed by atoms with Crippen LogP contribution in [-0.4, -0.2) is 83.9 Å². The van der Waals surface area contributed by atoms with E-state index in [1.165, 1.54) is 0 Å². The lowest BCUT2D eigenvalue weighted by atomic mass is 9.99. The van der Waals surface area contributed by atoms with Crippen LogP contribution in [0.25, 0.3) is 259 Å². The Balaban J connectivity index is 0.754. The van der Waals surface area contributed by atoms with Crippen molar-refractivity contribution in [1.29, 1.82) is 15.8 Å². The summed E-state index contributed by atoms with van der Waals surface area (Å²) in [6.07, 6.45) is 0. The number of nitrogens with zero attached hydrogens (tertiary/aromatic N) is 20. The van der Waals surface area contributed by atoms with Crippen LogP contribution in [0.4, 0.5) is 0 Å². The quantitative estimate of drug-likeness (QED) is 0.0685. The van der Waals surface area contributed by atoms with Crippen LogP contribution < -0.4 is 0 Å². The minimum absolute atomic E-state index is 0.308. The van der Waals surface area contributed by atoms with Crippen LogP contribution in [0.3, 0.4) is 0 Å². The summed E-state index contributed by atoms with van der Waals surface area (Å²) in [5.74, 6) is 6.83. The zero-order valence-electron chi connectivity index (χ0n) is 77.7. The minimum Gasteiger partial charge on any atom is -0.308 e. The zero-order chi connectivity index (χ0) is 97.5. The van der Waals surface area contributed by atoms with Crippen LogP contribution in [0.2, 0.25) is 0 Å². The third-order valence-electron chi connectivity index (χ3n) is 26.1. The SMILES string of the molecule is N#Cc1ccc(-c2ccc(-c3nc(-c4ccc(-c5cccc(C#N)c5)cc4)nc(-c4ccc(-c5ccc(C#N)cc5)cc4-n4c5ccc(-c6nc(-c7ccccc7)nc(-c7ccccc7)n6)cc5c5cc(-c6nc(-c7ccccc7)nc(-c7ccccc7)n6)ccc54)n3)c(-n3c4ccc(-c5nc(-c6ccccc6)nc(-c6ccccc6)n5)cc4c4cc(-c5nc(-c6ccccc6)nc(-c6ccccc6)n5)ccc43)c2)cc1. The molecule has 0 spiro atoms. The molecule has 0 amide bonds. The van der Waals surface area contributed by atoms with Gasteiger partial charge < -0.3 is 9.13 Å². The summed E-state index contributed by atoms with van der Waals surface area (Å²) >= 11 is 0. The molecule has 0 unspecified atom stereocenters. The molecule has 0 radical (unpaired) electrons. The summed E-state index contributed by atoms with van der Waals surface area (Å²) in [4.78, 5) is 80.5. The number of fused-ring (bicyclic) bond motifs is 6. The fourth-order valence-corrected chi connectivity index (χ4v) is 18.8. The second-order valence-electron chi connectivity index (χ2n) is 35.2. The highest BCUT2D eigenvalue weighted by molar-refractivity contribution is 6.14. The molecule has 20 nitrogen and oxygen atoms in total. The van der Waals surface area contributed by atoms with E-state index in [0.717, 1.165) is 144 Å². The summed E-state index contributed by atoms with van der Waals surface area (Å²) < 4.78 is 4.54. The number of nitriles is 3. The average molecular weight is 1870 g/mol. The molecule has 0 aliphatic carbocycles. The molecule has 0 N–H and O–H groups in total. The summed E-state index contributed by atoms with van der Waals surface area (Å²) in [5.41, 5.74) is 22.5. The molecule has 20 heteroatoms. The number of benzene rings is 18. The number of rotatable bonds is 20. The van der Waals surface area contributed by atoms with Crippen molar-refractivity contribution in [3.05, 3.63) is 466 Å². The molecule has 0 aliphatic heterocycles. The lowest BCUT2D eigenvalue weighted by molar-refractivity contribution is 1.06. The van der Waals surface area contributed by atoms with Crippen LogP contribution in [0.1, 0.15) is 16.7 Å². The lowest BCUT2D eigenvalue weighted by Gasteiger charge is -2.18. The molecule has 678 valence electrons. The highest BCUT2D eigenvalue weighted by Crippen LogP contribution is 2.46. The molecule has 0 aliphatic rings. The maximum atomic E-state index is 10.3. The molecule has 18 aromatic carbocycles. The van der Waals surface area contributed by atoms with E-state index < -0.39 is 0 Å². The highest BCUT2D eigenvalue weighted by atomic mass is 15.1. The van der Waals surface area contributed by atoms with E-state index in [9.17, 15) is 15.8 Å². The Morgan fingerprint density at radius 2 is 0.322 bits per heavy atom.